The monoisotopic (exact) mass is 1040 g/mol. The fourth-order valence-electron chi connectivity index (χ4n) is 4.93. The molecular formula is C40H84Nd2O8P2. The summed E-state index contributed by atoms with van der Waals surface area (Å²) in [6.45, 7) is 21.4. The van der Waals surface area contributed by atoms with Crippen LogP contribution in [0.25, 0.3) is 0 Å². The molecule has 52 heavy (non-hydrogen) atoms. The average Bonchev–Trinajstić information content (AvgIpc) is 3.07. The standard InChI is InChI=1S/2C12H27O4P.2C8H17.2Nd/c2*1-2-3-4-5-6-7-8-9-10-11-12-16-17(13,14)15;2*1-4-6-7-8(3)5-2;;/h2*2-12H2,1H3,(H2,13,14,15);2*8H,3-7H2,1-2H3;;/q;;2*-1;2*+3/p-4. The number of hydrogen-bond donors (Lipinski definition) is 0. The first-order valence-electron chi connectivity index (χ1n) is 20.7. The summed E-state index contributed by atoms with van der Waals surface area (Å²) < 4.78 is 28.6. The van der Waals surface area contributed by atoms with Gasteiger partial charge in [0.2, 0.25) is 0 Å². The fraction of sp³-hybridized carbons (Fsp3) is 0.950. The van der Waals surface area contributed by atoms with Crippen molar-refractivity contribution in [3.63, 3.8) is 0 Å². The second kappa shape index (κ2) is 53.9. The summed E-state index contributed by atoms with van der Waals surface area (Å²) in [6.07, 6.45) is 33.9. The molecule has 0 amide bonds. The normalized spacial score (nSPS) is 12.1. The van der Waals surface area contributed by atoms with E-state index in [2.05, 4.69) is 64.4 Å². The quantitative estimate of drug-likeness (QED) is 0.0368. The van der Waals surface area contributed by atoms with E-state index < -0.39 is 15.6 Å². The second-order valence-electron chi connectivity index (χ2n) is 13.8. The molecule has 0 aromatic carbocycles. The summed E-state index contributed by atoms with van der Waals surface area (Å²) in [5, 5.41) is 0. The molecule has 310 valence electrons. The third-order valence-corrected chi connectivity index (χ3v) is 9.58. The first-order valence-corrected chi connectivity index (χ1v) is 23.7. The van der Waals surface area contributed by atoms with E-state index in [1.807, 2.05) is 0 Å². The van der Waals surface area contributed by atoms with Crippen LogP contribution < -0.4 is 19.6 Å². The SMILES string of the molecule is CCCCCCCCCCCCOP(=O)([O-])[O-].CCCCCCCCCCCCOP(=O)([O-])[O-].[CH2-]C(CC)CCCC.[CH2-]C(CC)CCCC.[Nd+3].[Nd+3]. The molecule has 0 aliphatic heterocycles. The summed E-state index contributed by atoms with van der Waals surface area (Å²) >= 11 is 0. The Morgan fingerprint density at radius 3 is 0.808 bits per heavy atom. The van der Waals surface area contributed by atoms with Gasteiger partial charge in [-0.3, -0.25) is 0 Å². The topological polar surface area (TPSA) is 145 Å². The summed E-state index contributed by atoms with van der Waals surface area (Å²) in [4.78, 5) is 40.6. The summed E-state index contributed by atoms with van der Waals surface area (Å²) in [7, 11) is -9.49. The molecular weight excluding hydrogens is 959 g/mol. The van der Waals surface area contributed by atoms with Gasteiger partial charge in [0.25, 0.3) is 0 Å². The Labute approximate surface area is 391 Å². The van der Waals surface area contributed by atoms with Gasteiger partial charge in [-0.05, 0) is 12.8 Å². The molecule has 0 aliphatic rings. The number of phosphoric acid groups is 2. The predicted octanol–water partition coefficient (Wildman–Crippen LogP) is 11.6. The van der Waals surface area contributed by atoms with Gasteiger partial charge < -0.3 is 51.6 Å². The second-order valence-corrected chi connectivity index (χ2v) is 16.1. The van der Waals surface area contributed by atoms with Crippen LogP contribution in [0.1, 0.15) is 221 Å². The minimum Gasteiger partial charge on any atom is -0.790 e. The van der Waals surface area contributed by atoms with Crippen LogP contribution in [0.4, 0.5) is 0 Å². The van der Waals surface area contributed by atoms with Crippen LogP contribution in [0, 0.1) is 107 Å². The Morgan fingerprint density at radius 2 is 0.615 bits per heavy atom. The van der Waals surface area contributed by atoms with Crippen molar-refractivity contribution in [3.05, 3.63) is 13.8 Å². The van der Waals surface area contributed by atoms with Crippen LogP contribution in [0.3, 0.4) is 0 Å². The van der Waals surface area contributed by atoms with E-state index in [9.17, 15) is 28.7 Å². The molecule has 0 aromatic heterocycles. The first kappa shape index (κ1) is 66.7. The minimum absolute atomic E-state index is 0. The van der Waals surface area contributed by atoms with Crippen LogP contribution in [-0.4, -0.2) is 13.2 Å². The van der Waals surface area contributed by atoms with E-state index in [1.165, 1.54) is 141 Å². The van der Waals surface area contributed by atoms with Crippen molar-refractivity contribution in [2.75, 3.05) is 13.2 Å². The van der Waals surface area contributed by atoms with Crippen molar-refractivity contribution in [2.45, 2.75) is 221 Å². The van der Waals surface area contributed by atoms with Gasteiger partial charge in [-0.1, -0.05) is 208 Å². The summed E-state index contributed by atoms with van der Waals surface area (Å²) in [5.74, 6) is 1.41. The third kappa shape index (κ3) is 77.4. The van der Waals surface area contributed by atoms with E-state index in [1.54, 1.807) is 0 Å². The van der Waals surface area contributed by atoms with Crippen molar-refractivity contribution in [1.82, 2.24) is 0 Å². The van der Waals surface area contributed by atoms with Crippen LogP contribution in [0.15, 0.2) is 0 Å². The third-order valence-electron chi connectivity index (χ3n) is 8.58. The number of unbranched alkanes of at least 4 members (excludes halogenated alkanes) is 20. The van der Waals surface area contributed by atoms with Crippen molar-refractivity contribution in [2.24, 2.45) is 11.8 Å². The Hall–Kier alpha value is 2.92. The van der Waals surface area contributed by atoms with Crippen LogP contribution in [0.2, 0.25) is 0 Å². The van der Waals surface area contributed by atoms with E-state index in [0.717, 1.165) is 25.7 Å². The Kier molecular flexibility index (Phi) is 69.2. The average molecular weight is 1040 g/mol. The molecule has 0 bridgehead atoms. The van der Waals surface area contributed by atoms with Gasteiger partial charge in [0.15, 0.2) is 0 Å². The molecule has 2 unspecified atom stereocenters. The molecule has 0 saturated carbocycles. The van der Waals surface area contributed by atoms with Crippen LogP contribution in [-0.2, 0) is 18.2 Å². The maximum atomic E-state index is 10.1. The largest absolute Gasteiger partial charge is 3.00 e. The Morgan fingerprint density at radius 1 is 0.404 bits per heavy atom. The van der Waals surface area contributed by atoms with Gasteiger partial charge in [0.1, 0.15) is 0 Å². The van der Waals surface area contributed by atoms with Crippen LogP contribution in [0.5, 0.6) is 0 Å². The zero-order chi connectivity index (χ0) is 38.8. The molecule has 2 radical (unpaired) electrons. The Bertz CT molecular complexity index is 653. The van der Waals surface area contributed by atoms with Gasteiger partial charge in [0, 0.05) is 0 Å². The molecule has 0 spiro atoms. The molecule has 12 heteroatoms. The molecule has 2 atom stereocenters. The van der Waals surface area contributed by atoms with Gasteiger partial charge in [-0.15, -0.1) is 0 Å². The van der Waals surface area contributed by atoms with Gasteiger partial charge >= 0.3 is 81.7 Å². The predicted molar refractivity (Wildman–Crippen MR) is 208 cm³/mol. The zero-order valence-corrected chi connectivity index (χ0v) is 43.1. The van der Waals surface area contributed by atoms with Crippen LogP contribution >= 0.6 is 15.6 Å². The number of phosphoric ester groups is 2. The van der Waals surface area contributed by atoms with Crippen molar-refractivity contribution in [3.8, 4) is 0 Å². The van der Waals surface area contributed by atoms with E-state index in [4.69, 9.17) is 0 Å². The van der Waals surface area contributed by atoms with E-state index in [0.29, 0.717) is 24.7 Å². The first-order chi connectivity index (χ1) is 23.7. The van der Waals surface area contributed by atoms with Gasteiger partial charge in [-0.25, -0.2) is 0 Å². The molecule has 0 aliphatic carbocycles. The molecule has 8 nitrogen and oxygen atoms in total. The number of rotatable bonds is 32. The summed E-state index contributed by atoms with van der Waals surface area (Å²) in [5.41, 5.74) is 0. The van der Waals surface area contributed by atoms with E-state index in [-0.39, 0.29) is 94.9 Å². The van der Waals surface area contributed by atoms with Gasteiger partial charge in [0.05, 0.1) is 28.9 Å². The molecule has 0 rings (SSSR count). The molecule has 0 N–H and O–H groups in total. The minimum atomic E-state index is -4.74. The summed E-state index contributed by atoms with van der Waals surface area (Å²) in [6, 6.07) is 0. The fourth-order valence-corrected chi connectivity index (χ4v) is 5.63. The molecule has 0 heterocycles. The smallest absolute Gasteiger partial charge is 0.790 e. The zero-order valence-electron chi connectivity index (χ0n) is 34.9. The Balaban J connectivity index is -0.000000142. The van der Waals surface area contributed by atoms with Crippen molar-refractivity contribution in [1.29, 1.82) is 0 Å². The molecule has 0 aromatic rings. The van der Waals surface area contributed by atoms with Gasteiger partial charge in [-0.2, -0.15) is 11.8 Å². The number of hydrogen-bond acceptors (Lipinski definition) is 8. The van der Waals surface area contributed by atoms with E-state index >= 15 is 0 Å². The molecule has 0 fully saturated rings. The van der Waals surface area contributed by atoms with Crippen molar-refractivity contribution >= 4 is 15.6 Å². The van der Waals surface area contributed by atoms with Crippen molar-refractivity contribution < 1.29 is 119 Å². The maximum absolute atomic E-state index is 10.1. The maximum Gasteiger partial charge on any atom is 3.00 e. The molecule has 0 saturated heterocycles.